The van der Waals surface area contributed by atoms with Crippen molar-refractivity contribution in [3.8, 4) is 16.5 Å². The quantitative estimate of drug-likeness (QED) is 0.263. The number of alkyl halides is 3. The number of nitrogens with zero attached hydrogens (tertiary/aromatic N) is 2. The Hall–Kier alpha value is -2.77. The van der Waals surface area contributed by atoms with Gasteiger partial charge in [-0.1, -0.05) is 32.0 Å². The number of carbonyl (C=O) groups excluding carboxylic acids is 1. The van der Waals surface area contributed by atoms with Crippen molar-refractivity contribution < 1.29 is 35.9 Å². The lowest BCUT2D eigenvalue weighted by molar-refractivity contribution is -0.152. The summed E-state index contributed by atoms with van der Waals surface area (Å²) in [6.45, 7) is 10.6. The molecule has 1 saturated carbocycles. The van der Waals surface area contributed by atoms with Gasteiger partial charge in [0.2, 0.25) is 15.9 Å². The maximum absolute atomic E-state index is 11.6. The fourth-order valence-corrected chi connectivity index (χ4v) is 5.72. The number of ether oxygens (including phenoxy) is 2. The molecule has 0 atom stereocenters. The summed E-state index contributed by atoms with van der Waals surface area (Å²) in [5, 5.41) is 2.03. The van der Waals surface area contributed by atoms with E-state index >= 15 is 0 Å². The highest BCUT2D eigenvalue weighted by molar-refractivity contribution is 7.89. The first-order chi connectivity index (χ1) is 19.6. The summed E-state index contributed by atoms with van der Waals surface area (Å²) in [6.07, 6.45) is 0.197. The Labute approximate surface area is 250 Å². The molecule has 1 aromatic carbocycles. The zero-order chi connectivity index (χ0) is 31.5. The number of thiophene rings is 1. The lowest BCUT2D eigenvalue weighted by atomic mass is 10.2. The molecule has 8 nitrogen and oxygen atoms in total. The van der Waals surface area contributed by atoms with E-state index in [0.717, 1.165) is 34.4 Å². The van der Waals surface area contributed by atoms with Crippen LogP contribution in [-0.4, -0.2) is 54.5 Å². The van der Waals surface area contributed by atoms with E-state index in [2.05, 4.69) is 4.98 Å². The van der Waals surface area contributed by atoms with Crippen LogP contribution >= 0.6 is 11.3 Å². The summed E-state index contributed by atoms with van der Waals surface area (Å²) in [5.41, 5.74) is 2.57. The van der Waals surface area contributed by atoms with Gasteiger partial charge in [0.05, 0.1) is 27.9 Å². The molecule has 0 aliphatic heterocycles. The van der Waals surface area contributed by atoms with Crippen molar-refractivity contribution in [3.63, 3.8) is 0 Å². The Morgan fingerprint density at radius 3 is 2.07 bits per heavy atom. The van der Waals surface area contributed by atoms with Gasteiger partial charge in [0.1, 0.15) is 11.8 Å². The number of halogens is 3. The topological polar surface area (TPSA) is 107 Å². The molecule has 0 radical (unpaired) electrons. The van der Waals surface area contributed by atoms with Gasteiger partial charge >= 0.3 is 12.1 Å². The summed E-state index contributed by atoms with van der Waals surface area (Å²) >= 11 is 1.64. The first-order valence-corrected chi connectivity index (χ1v) is 16.3. The van der Waals surface area contributed by atoms with Crippen molar-refractivity contribution in [3.05, 3.63) is 41.8 Å². The van der Waals surface area contributed by atoms with E-state index in [0.29, 0.717) is 5.88 Å². The number of fused-ring (bicyclic) bond motifs is 1. The number of hydrogen-bond donors (Lipinski definition) is 1. The van der Waals surface area contributed by atoms with Gasteiger partial charge in [-0.15, -0.1) is 11.3 Å². The Kier molecular flexibility index (Phi) is 13.6. The summed E-state index contributed by atoms with van der Waals surface area (Å²) in [7, 11) is -4.21. The predicted molar refractivity (Wildman–Crippen MR) is 160 cm³/mol. The number of aromatic nitrogens is 2. The summed E-state index contributed by atoms with van der Waals surface area (Å²) < 4.78 is 68.9. The van der Waals surface area contributed by atoms with Crippen LogP contribution in [0.1, 0.15) is 67.2 Å². The Bertz CT molecular complexity index is 1360. The molecule has 1 fully saturated rings. The standard InChI is InChI=1S/C15H14N2OS.C9H16O2.C5H10F3NO2S/c1-10(2)18-15-14(13-8-5-9-19-13)16-11-6-3-4-7-12(11)17-15;1-7(2)9(10)11-8-5-3-4-6-8;1-4(2)9-12(10,11)3-5(6,7)8/h3-10H,1-2H3;7-8H,3-6H2,1-2H3;4,9H,3H2,1-2H3. The molecule has 13 heteroatoms. The lowest BCUT2D eigenvalue weighted by Gasteiger charge is -2.12. The average molecular weight is 632 g/mol. The molecular formula is C29H40F3N3O5S2. The fraction of sp³-hybridized carbons (Fsp3) is 0.552. The number of benzene rings is 1. The van der Waals surface area contributed by atoms with Gasteiger partial charge in [-0.05, 0) is 77.0 Å². The van der Waals surface area contributed by atoms with Gasteiger partial charge in [0, 0.05) is 6.04 Å². The number of carbonyl (C=O) groups is 1. The summed E-state index contributed by atoms with van der Waals surface area (Å²) in [6, 6.07) is 11.4. The Balaban J connectivity index is 0.000000234. The molecule has 42 heavy (non-hydrogen) atoms. The van der Waals surface area contributed by atoms with Crippen LogP contribution < -0.4 is 9.46 Å². The normalized spacial score (nSPS) is 14.0. The smallest absolute Gasteiger partial charge is 0.404 e. The van der Waals surface area contributed by atoms with Crippen LogP contribution in [0.4, 0.5) is 13.2 Å². The van der Waals surface area contributed by atoms with Gasteiger partial charge in [0.25, 0.3) is 0 Å². The van der Waals surface area contributed by atoms with E-state index in [1.54, 1.807) is 11.3 Å². The second-order valence-electron chi connectivity index (χ2n) is 10.7. The van der Waals surface area contributed by atoms with Gasteiger partial charge < -0.3 is 9.47 Å². The van der Waals surface area contributed by atoms with Crippen LogP contribution in [0.5, 0.6) is 5.88 Å². The molecule has 0 spiro atoms. The van der Waals surface area contributed by atoms with E-state index < -0.39 is 28.0 Å². The molecular weight excluding hydrogens is 591 g/mol. The number of rotatable bonds is 8. The van der Waals surface area contributed by atoms with Gasteiger partial charge in [-0.2, -0.15) is 13.2 Å². The molecule has 0 amide bonds. The first-order valence-electron chi connectivity index (χ1n) is 13.8. The molecule has 234 valence electrons. The molecule has 2 aromatic heterocycles. The van der Waals surface area contributed by atoms with Crippen LogP contribution in [0.3, 0.4) is 0 Å². The molecule has 0 bridgehead atoms. The molecule has 1 N–H and O–H groups in total. The SMILES string of the molecule is CC(C)C(=O)OC1CCCC1.CC(C)NS(=O)(=O)CC(F)(F)F.CC(C)Oc1nc2ccccc2nc1-c1cccs1. The lowest BCUT2D eigenvalue weighted by Crippen LogP contribution is -2.37. The minimum atomic E-state index is -4.68. The van der Waals surface area contributed by atoms with Crippen molar-refractivity contribution in [2.75, 3.05) is 5.75 Å². The van der Waals surface area contributed by atoms with E-state index in [4.69, 9.17) is 14.5 Å². The van der Waals surface area contributed by atoms with E-state index in [9.17, 15) is 26.4 Å². The van der Waals surface area contributed by atoms with Crippen LogP contribution in [0.25, 0.3) is 21.6 Å². The van der Waals surface area contributed by atoms with Crippen LogP contribution in [0.2, 0.25) is 0 Å². The van der Waals surface area contributed by atoms with Gasteiger partial charge in [0.15, 0.2) is 5.75 Å². The van der Waals surface area contributed by atoms with Crippen molar-refractivity contribution in [1.29, 1.82) is 0 Å². The predicted octanol–water partition coefficient (Wildman–Crippen LogP) is 7.15. The Morgan fingerprint density at radius 2 is 1.60 bits per heavy atom. The zero-order valence-corrected chi connectivity index (χ0v) is 26.4. The minimum Gasteiger partial charge on any atom is -0.473 e. The van der Waals surface area contributed by atoms with Crippen LogP contribution in [0, 0.1) is 5.92 Å². The van der Waals surface area contributed by atoms with Crippen molar-refractivity contribution >= 4 is 38.4 Å². The largest absolute Gasteiger partial charge is 0.473 e. The van der Waals surface area contributed by atoms with Crippen LogP contribution in [-0.2, 0) is 19.6 Å². The second kappa shape index (κ2) is 16.2. The third-order valence-electron chi connectivity index (χ3n) is 5.47. The highest BCUT2D eigenvalue weighted by Gasteiger charge is 2.35. The Morgan fingerprint density at radius 1 is 1.00 bits per heavy atom. The molecule has 1 aliphatic carbocycles. The zero-order valence-electron chi connectivity index (χ0n) is 24.8. The summed E-state index contributed by atoms with van der Waals surface area (Å²) in [4.78, 5) is 21.4. The highest BCUT2D eigenvalue weighted by atomic mass is 32.2. The highest BCUT2D eigenvalue weighted by Crippen LogP contribution is 2.32. The van der Waals surface area contributed by atoms with E-state index in [1.165, 1.54) is 26.7 Å². The number of nitrogens with one attached hydrogen (secondary N) is 1. The van der Waals surface area contributed by atoms with Crippen molar-refractivity contribution in [1.82, 2.24) is 14.7 Å². The number of hydrogen-bond acceptors (Lipinski definition) is 8. The van der Waals surface area contributed by atoms with E-state index in [1.807, 2.05) is 74.2 Å². The molecule has 0 unspecified atom stereocenters. The molecule has 3 aromatic rings. The van der Waals surface area contributed by atoms with Crippen molar-refractivity contribution in [2.45, 2.75) is 91.7 Å². The van der Waals surface area contributed by atoms with Crippen molar-refractivity contribution in [2.24, 2.45) is 5.92 Å². The van der Waals surface area contributed by atoms with E-state index in [-0.39, 0.29) is 24.1 Å². The fourth-order valence-electron chi connectivity index (χ4n) is 3.79. The molecule has 1 aliphatic rings. The number of sulfonamides is 1. The molecule has 2 heterocycles. The maximum atomic E-state index is 11.6. The van der Waals surface area contributed by atoms with Gasteiger partial charge in [-0.3, -0.25) is 4.79 Å². The van der Waals surface area contributed by atoms with Gasteiger partial charge in [-0.25, -0.2) is 23.1 Å². The third-order valence-corrected chi connectivity index (χ3v) is 7.88. The average Bonchev–Trinajstić information content (AvgIpc) is 3.56. The molecule has 0 saturated heterocycles. The monoisotopic (exact) mass is 631 g/mol. The maximum Gasteiger partial charge on any atom is 0.404 e. The number of para-hydroxylation sites is 2. The molecule has 4 rings (SSSR count). The minimum absolute atomic E-state index is 0.0237. The second-order valence-corrected chi connectivity index (χ2v) is 13.4. The first kappa shape index (κ1) is 35.4. The third kappa shape index (κ3) is 13.0. The number of esters is 1. The van der Waals surface area contributed by atoms with Crippen LogP contribution in [0.15, 0.2) is 41.8 Å². The summed E-state index contributed by atoms with van der Waals surface area (Å²) in [5.74, 6) is -1.23.